The second-order valence-electron chi connectivity index (χ2n) is 9.61. The van der Waals surface area contributed by atoms with Crippen LogP contribution in [0.25, 0.3) is 11.1 Å². The maximum absolute atomic E-state index is 13.2. The number of benzene rings is 2. The molecule has 2 atom stereocenters. The summed E-state index contributed by atoms with van der Waals surface area (Å²) in [4.78, 5) is 38.9. The standard InChI is InChI=1S/C27H32N2O5/c1-17(2)14-24(25(30)29-13-7-8-18(15-29)26(31)32)28-27(33)34-16-23-21-11-5-3-9-19(21)20-10-4-6-12-22(20)23/h3-6,9-12,17-18,23-24H,7-8,13-16H2,1-2H3,(H,28,33)(H,31,32)/t18-,24-/m0/s1. The second-order valence-corrected chi connectivity index (χ2v) is 9.61. The van der Waals surface area contributed by atoms with Crippen molar-refractivity contribution in [2.24, 2.45) is 11.8 Å². The van der Waals surface area contributed by atoms with Crippen molar-refractivity contribution in [1.29, 1.82) is 0 Å². The van der Waals surface area contributed by atoms with E-state index in [1.165, 1.54) is 0 Å². The van der Waals surface area contributed by atoms with Gasteiger partial charge in [0.1, 0.15) is 12.6 Å². The molecule has 0 saturated carbocycles. The van der Waals surface area contributed by atoms with Gasteiger partial charge in [-0.1, -0.05) is 62.4 Å². The number of carboxylic acid groups (broad SMARTS) is 1. The molecule has 1 fully saturated rings. The normalized spacial score (nSPS) is 18.2. The van der Waals surface area contributed by atoms with Gasteiger partial charge in [0.05, 0.1) is 5.92 Å². The number of carbonyl (C=O) groups excluding carboxylic acids is 2. The van der Waals surface area contributed by atoms with E-state index in [0.717, 1.165) is 22.3 Å². The van der Waals surface area contributed by atoms with Gasteiger partial charge in [-0.3, -0.25) is 9.59 Å². The van der Waals surface area contributed by atoms with Gasteiger partial charge in [-0.25, -0.2) is 4.79 Å². The largest absolute Gasteiger partial charge is 0.481 e. The molecular formula is C27H32N2O5. The summed E-state index contributed by atoms with van der Waals surface area (Å²) < 4.78 is 5.63. The van der Waals surface area contributed by atoms with Crippen LogP contribution in [0.1, 0.15) is 50.2 Å². The van der Waals surface area contributed by atoms with E-state index in [9.17, 15) is 19.5 Å². The molecule has 7 nitrogen and oxygen atoms in total. The lowest BCUT2D eigenvalue weighted by Crippen LogP contribution is -2.52. The van der Waals surface area contributed by atoms with E-state index in [-0.39, 0.29) is 30.9 Å². The third kappa shape index (κ3) is 5.08. The molecule has 1 aliphatic heterocycles. The zero-order valence-corrected chi connectivity index (χ0v) is 19.7. The fourth-order valence-corrected chi connectivity index (χ4v) is 5.07. The van der Waals surface area contributed by atoms with Crippen LogP contribution in [0.2, 0.25) is 0 Å². The lowest BCUT2D eigenvalue weighted by molar-refractivity contribution is -0.146. The second kappa shape index (κ2) is 10.3. The van der Waals surface area contributed by atoms with Crippen molar-refractivity contribution in [3.63, 3.8) is 0 Å². The molecule has 0 bridgehead atoms. The Labute approximate surface area is 200 Å². The van der Waals surface area contributed by atoms with Gasteiger partial charge in [-0.15, -0.1) is 0 Å². The number of nitrogens with zero attached hydrogens (tertiary/aromatic N) is 1. The van der Waals surface area contributed by atoms with E-state index in [1.54, 1.807) is 4.90 Å². The van der Waals surface area contributed by atoms with Gasteiger partial charge in [0.25, 0.3) is 0 Å². The Morgan fingerprint density at radius 2 is 1.68 bits per heavy atom. The Hall–Kier alpha value is -3.35. The summed E-state index contributed by atoms with van der Waals surface area (Å²) in [6, 6.07) is 15.5. The van der Waals surface area contributed by atoms with Gasteiger partial charge < -0.3 is 20.1 Å². The smallest absolute Gasteiger partial charge is 0.407 e. The summed E-state index contributed by atoms with van der Waals surface area (Å²) in [6.07, 6.45) is 1.03. The van der Waals surface area contributed by atoms with Gasteiger partial charge in [0, 0.05) is 19.0 Å². The quantitative estimate of drug-likeness (QED) is 0.638. The molecule has 1 saturated heterocycles. The fourth-order valence-electron chi connectivity index (χ4n) is 5.07. The molecule has 2 aromatic carbocycles. The molecule has 0 unspecified atom stereocenters. The summed E-state index contributed by atoms with van der Waals surface area (Å²) in [5, 5.41) is 12.1. The van der Waals surface area contributed by atoms with Crippen LogP contribution in [0.3, 0.4) is 0 Å². The van der Waals surface area contributed by atoms with Gasteiger partial charge in [0.15, 0.2) is 0 Å². The summed E-state index contributed by atoms with van der Waals surface area (Å²) in [5.41, 5.74) is 4.55. The highest BCUT2D eigenvalue weighted by atomic mass is 16.5. The van der Waals surface area contributed by atoms with Crippen LogP contribution in [0.5, 0.6) is 0 Å². The Morgan fingerprint density at radius 3 is 2.26 bits per heavy atom. The molecule has 7 heteroatoms. The zero-order chi connectivity index (χ0) is 24.2. The van der Waals surface area contributed by atoms with Crippen molar-refractivity contribution < 1.29 is 24.2 Å². The lowest BCUT2D eigenvalue weighted by atomic mass is 9.96. The van der Waals surface area contributed by atoms with Crippen LogP contribution in [0.15, 0.2) is 48.5 Å². The molecule has 0 spiro atoms. The molecule has 34 heavy (non-hydrogen) atoms. The average molecular weight is 465 g/mol. The number of nitrogens with one attached hydrogen (secondary N) is 1. The summed E-state index contributed by atoms with van der Waals surface area (Å²) in [5.74, 6) is -1.58. The fraction of sp³-hybridized carbons (Fsp3) is 0.444. The molecular weight excluding hydrogens is 432 g/mol. The first-order valence-electron chi connectivity index (χ1n) is 12.0. The highest BCUT2D eigenvalue weighted by molar-refractivity contribution is 5.86. The number of carboxylic acids is 1. The van der Waals surface area contributed by atoms with Crippen molar-refractivity contribution in [2.75, 3.05) is 19.7 Å². The highest BCUT2D eigenvalue weighted by Gasteiger charge is 2.34. The molecule has 2 aromatic rings. The summed E-state index contributed by atoms with van der Waals surface area (Å²) in [6.45, 7) is 4.82. The number of likely N-dealkylation sites (tertiary alicyclic amines) is 1. The van der Waals surface area contributed by atoms with Crippen molar-refractivity contribution in [3.8, 4) is 11.1 Å². The van der Waals surface area contributed by atoms with Crippen molar-refractivity contribution >= 4 is 18.0 Å². The van der Waals surface area contributed by atoms with E-state index < -0.39 is 24.0 Å². The first-order valence-corrected chi connectivity index (χ1v) is 12.0. The number of alkyl carbamates (subject to hydrolysis) is 1. The van der Waals surface area contributed by atoms with E-state index in [2.05, 4.69) is 29.6 Å². The number of piperidine rings is 1. The van der Waals surface area contributed by atoms with E-state index >= 15 is 0 Å². The molecule has 1 aliphatic carbocycles. The van der Waals surface area contributed by atoms with Crippen LogP contribution < -0.4 is 5.32 Å². The maximum Gasteiger partial charge on any atom is 0.407 e. The maximum atomic E-state index is 13.2. The van der Waals surface area contributed by atoms with Crippen molar-refractivity contribution in [2.45, 2.75) is 45.1 Å². The molecule has 2 amide bonds. The number of rotatable bonds is 7. The molecule has 1 heterocycles. The lowest BCUT2D eigenvalue weighted by Gasteiger charge is -2.34. The third-order valence-corrected chi connectivity index (χ3v) is 6.72. The number of amides is 2. The van der Waals surface area contributed by atoms with E-state index in [0.29, 0.717) is 25.8 Å². The zero-order valence-electron chi connectivity index (χ0n) is 19.7. The van der Waals surface area contributed by atoms with Crippen LogP contribution in [-0.4, -0.2) is 53.7 Å². The van der Waals surface area contributed by atoms with Crippen LogP contribution in [-0.2, 0) is 14.3 Å². The van der Waals surface area contributed by atoms with Crippen LogP contribution in [0, 0.1) is 11.8 Å². The minimum atomic E-state index is -0.887. The Kier molecular flexibility index (Phi) is 7.20. The van der Waals surface area contributed by atoms with Gasteiger partial charge in [-0.2, -0.15) is 0 Å². The Balaban J connectivity index is 1.42. The monoisotopic (exact) mass is 464 g/mol. The first kappa shape index (κ1) is 23.8. The average Bonchev–Trinajstić information content (AvgIpc) is 3.15. The van der Waals surface area contributed by atoms with Crippen LogP contribution in [0.4, 0.5) is 4.79 Å². The Bertz CT molecular complexity index is 1020. The minimum absolute atomic E-state index is 0.0594. The SMILES string of the molecule is CC(C)C[C@H](NC(=O)OCC1c2ccccc2-c2ccccc21)C(=O)N1CCC[C@H](C(=O)O)C1. The highest BCUT2D eigenvalue weighted by Crippen LogP contribution is 2.44. The van der Waals surface area contributed by atoms with E-state index in [1.807, 2.05) is 38.1 Å². The third-order valence-electron chi connectivity index (χ3n) is 6.72. The van der Waals surface area contributed by atoms with Gasteiger partial charge >= 0.3 is 12.1 Å². The minimum Gasteiger partial charge on any atom is -0.481 e. The predicted molar refractivity (Wildman–Crippen MR) is 128 cm³/mol. The molecule has 2 N–H and O–H groups in total. The first-order chi connectivity index (χ1) is 16.3. The van der Waals surface area contributed by atoms with Gasteiger partial charge in [0.2, 0.25) is 5.91 Å². The van der Waals surface area contributed by atoms with E-state index in [4.69, 9.17) is 4.74 Å². The Morgan fingerprint density at radius 1 is 1.06 bits per heavy atom. The molecule has 2 aliphatic rings. The number of aliphatic carboxylic acids is 1. The molecule has 180 valence electrons. The van der Waals surface area contributed by atoms with Gasteiger partial charge in [-0.05, 0) is 47.4 Å². The molecule has 0 radical (unpaired) electrons. The van der Waals surface area contributed by atoms with Crippen molar-refractivity contribution in [1.82, 2.24) is 10.2 Å². The summed E-state index contributed by atoms with van der Waals surface area (Å²) in [7, 11) is 0. The number of hydrogen-bond acceptors (Lipinski definition) is 4. The van der Waals surface area contributed by atoms with Crippen LogP contribution >= 0.6 is 0 Å². The topological polar surface area (TPSA) is 95.9 Å². The molecule has 4 rings (SSSR count). The predicted octanol–water partition coefficient (Wildman–Crippen LogP) is 4.26. The number of carbonyl (C=O) groups is 3. The summed E-state index contributed by atoms with van der Waals surface area (Å²) >= 11 is 0. The number of hydrogen-bond donors (Lipinski definition) is 2. The number of ether oxygens (including phenoxy) is 1. The van der Waals surface area contributed by atoms with Crippen molar-refractivity contribution in [3.05, 3.63) is 59.7 Å². The molecule has 0 aromatic heterocycles. The number of fused-ring (bicyclic) bond motifs is 3.